The van der Waals surface area contributed by atoms with Crippen molar-refractivity contribution in [3.05, 3.63) is 23.8 Å². The summed E-state index contributed by atoms with van der Waals surface area (Å²) in [6.07, 6.45) is -0.801. The molecule has 1 rings (SSSR count). The lowest BCUT2D eigenvalue weighted by Crippen LogP contribution is -2.28. The summed E-state index contributed by atoms with van der Waals surface area (Å²) in [6, 6.07) is 1.91. The predicted octanol–water partition coefficient (Wildman–Crippen LogP) is 0.705. The zero-order valence-electron chi connectivity index (χ0n) is 8.84. The second-order valence-electron chi connectivity index (χ2n) is 3.24. The number of anilines is 1. The zero-order valence-corrected chi connectivity index (χ0v) is 8.84. The van der Waals surface area contributed by atoms with Crippen molar-refractivity contribution in [2.45, 2.75) is 6.10 Å². The molecule has 0 aromatic heterocycles. The van der Waals surface area contributed by atoms with Crippen LogP contribution >= 0.6 is 0 Å². The Morgan fingerprint density at radius 2 is 2.12 bits per heavy atom. The number of hydrogen-bond acceptors (Lipinski definition) is 4. The van der Waals surface area contributed by atoms with Gasteiger partial charge in [-0.25, -0.2) is 8.78 Å². The average Bonchev–Trinajstić information content (AvgIpc) is 2.29. The fraction of sp³-hybridized carbons (Fsp3) is 0.400. The van der Waals surface area contributed by atoms with Crippen LogP contribution in [0.2, 0.25) is 0 Å². The third-order valence-corrected chi connectivity index (χ3v) is 2.04. The molecule has 0 fully saturated rings. The number of rotatable bonds is 5. The van der Waals surface area contributed by atoms with Crippen LogP contribution in [0.5, 0.6) is 5.75 Å². The van der Waals surface area contributed by atoms with E-state index in [-0.39, 0.29) is 24.5 Å². The number of methoxy groups -OCH3 is 1. The molecule has 0 spiro atoms. The Balaban J connectivity index is 2.77. The van der Waals surface area contributed by atoms with Gasteiger partial charge in [0.05, 0.1) is 18.9 Å². The molecule has 1 aromatic rings. The summed E-state index contributed by atoms with van der Waals surface area (Å²) in [5.41, 5.74) is 5.14. The summed E-state index contributed by atoms with van der Waals surface area (Å²) in [5.74, 6) is -1.49. The lowest BCUT2D eigenvalue weighted by Gasteiger charge is -2.12. The molecule has 90 valence electrons. The van der Waals surface area contributed by atoms with Gasteiger partial charge in [0.15, 0.2) is 11.6 Å². The molecule has 1 aromatic carbocycles. The van der Waals surface area contributed by atoms with E-state index < -0.39 is 17.7 Å². The molecule has 0 amide bonds. The topological polar surface area (TPSA) is 67.5 Å². The van der Waals surface area contributed by atoms with Gasteiger partial charge in [0.2, 0.25) is 0 Å². The number of aliphatic hydroxyl groups excluding tert-OH is 1. The second-order valence-corrected chi connectivity index (χ2v) is 3.24. The summed E-state index contributed by atoms with van der Waals surface area (Å²) in [7, 11) is 1.25. The van der Waals surface area contributed by atoms with E-state index in [0.717, 1.165) is 12.1 Å². The fourth-order valence-corrected chi connectivity index (χ4v) is 1.13. The highest BCUT2D eigenvalue weighted by molar-refractivity contribution is 5.49. The molecule has 4 N–H and O–H groups in total. The maximum Gasteiger partial charge on any atom is 0.167 e. The molecule has 0 saturated heterocycles. The lowest BCUT2D eigenvalue weighted by atomic mass is 10.2. The molecule has 0 radical (unpaired) electrons. The number of ether oxygens (including phenoxy) is 1. The molecular formula is C10H14F2N2O2. The maximum absolute atomic E-state index is 13.3. The quantitative estimate of drug-likeness (QED) is 0.699. The predicted molar refractivity (Wildman–Crippen MR) is 56.5 cm³/mol. The van der Waals surface area contributed by atoms with E-state index in [4.69, 9.17) is 10.8 Å². The number of nitrogens with one attached hydrogen (secondary N) is 1. The van der Waals surface area contributed by atoms with E-state index in [9.17, 15) is 8.78 Å². The van der Waals surface area contributed by atoms with Crippen molar-refractivity contribution in [1.29, 1.82) is 0 Å². The van der Waals surface area contributed by atoms with Crippen LogP contribution in [0.1, 0.15) is 0 Å². The van der Waals surface area contributed by atoms with Crippen molar-refractivity contribution in [1.82, 2.24) is 0 Å². The summed E-state index contributed by atoms with van der Waals surface area (Å²) in [6.45, 7) is 0.104. The van der Waals surface area contributed by atoms with Gasteiger partial charge in [-0.2, -0.15) is 0 Å². The van der Waals surface area contributed by atoms with Crippen LogP contribution in [0.25, 0.3) is 0 Å². The molecule has 0 saturated carbocycles. The standard InChI is InChI=1S/C10H14F2N2O2/c1-16-10-3-7(11)9(2-8(10)12)14-5-6(15)4-13/h2-3,6,14-15H,4-5,13H2,1H3. The van der Waals surface area contributed by atoms with Crippen LogP contribution < -0.4 is 15.8 Å². The smallest absolute Gasteiger partial charge is 0.167 e. The first kappa shape index (κ1) is 12.7. The fourth-order valence-electron chi connectivity index (χ4n) is 1.13. The largest absolute Gasteiger partial charge is 0.494 e. The van der Waals surface area contributed by atoms with E-state index in [0.29, 0.717) is 0 Å². The van der Waals surface area contributed by atoms with Crippen LogP contribution in [0.4, 0.5) is 14.5 Å². The van der Waals surface area contributed by atoms with E-state index >= 15 is 0 Å². The van der Waals surface area contributed by atoms with Gasteiger partial charge >= 0.3 is 0 Å². The third-order valence-electron chi connectivity index (χ3n) is 2.04. The van der Waals surface area contributed by atoms with E-state index in [2.05, 4.69) is 10.1 Å². The first-order chi connectivity index (χ1) is 7.58. The van der Waals surface area contributed by atoms with Gasteiger partial charge in [-0.15, -0.1) is 0 Å². The molecule has 4 nitrogen and oxygen atoms in total. The summed E-state index contributed by atoms with van der Waals surface area (Å²) < 4.78 is 31.2. The molecule has 1 atom stereocenters. The van der Waals surface area contributed by atoms with Gasteiger partial charge in [-0.05, 0) is 0 Å². The molecule has 0 heterocycles. The molecule has 0 aliphatic rings. The van der Waals surface area contributed by atoms with E-state index in [1.165, 1.54) is 7.11 Å². The monoisotopic (exact) mass is 232 g/mol. The van der Waals surface area contributed by atoms with Crippen molar-refractivity contribution in [2.24, 2.45) is 5.73 Å². The van der Waals surface area contributed by atoms with Crippen LogP contribution in [-0.2, 0) is 0 Å². The molecule has 1 unspecified atom stereocenters. The highest BCUT2D eigenvalue weighted by Gasteiger charge is 2.11. The highest BCUT2D eigenvalue weighted by atomic mass is 19.1. The number of benzene rings is 1. The van der Waals surface area contributed by atoms with Crippen molar-refractivity contribution in [3.8, 4) is 5.75 Å². The highest BCUT2D eigenvalue weighted by Crippen LogP contribution is 2.24. The molecule has 16 heavy (non-hydrogen) atoms. The summed E-state index contributed by atoms with van der Waals surface area (Å²) >= 11 is 0. The third kappa shape index (κ3) is 3.04. The summed E-state index contributed by atoms with van der Waals surface area (Å²) in [5, 5.41) is 11.7. The normalized spacial score (nSPS) is 12.3. The Hall–Kier alpha value is -1.40. The summed E-state index contributed by atoms with van der Waals surface area (Å²) in [4.78, 5) is 0. The van der Waals surface area contributed by atoms with Crippen LogP contribution in [-0.4, -0.2) is 31.4 Å². The van der Waals surface area contributed by atoms with Gasteiger partial charge < -0.3 is 20.9 Å². The average molecular weight is 232 g/mol. The van der Waals surface area contributed by atoms with Gasteiger partial charge in [0.1, 0.15) is 5.82 Å². The number of nitrogens with two attached hydrogens (primary N) is 1. The Kier molecular flexibility index (Phi) is 4.45. The van der Waals surface area contributed by atoms with Crippen molar-refractivity contribution >= 4 is 5.69 Å². The van der Waals surface area contributed by atoms with Crippen molar-refractivity contribution in [2.75, 3.05) is 25.5 Å². The van der Waals surface area contributed by atoms with Crippen LogP contribution in [0.15, 0.2) is 12.1 Å². The van der Waals surface area contributed by atoms with Crippen molar-refractivity contribution in [3.63, 3.8) is 0 Å². The number of halogens is 2. The van der Waals surface area contributed by atoms with Gasteiger partial charge in [-0.1, -0.05) is 0 Å². The SMILES string of the molecule is COc1cc(F)c(NCC(O)CN)cc1F. The second kappa shape index (κ2) is 5.62. The maximum atomic E-state index is 13.3. The van der Waals surface area contributed by atoms with E-state index in [1.807, 2.05) is 0 Å². The first-order valence-electron chi connectivity index (χ1n) is 4.73. The Labute approximate surface area is 92.0 Å². The molecule has 0 bridgehead atoms. The minimum atomic E-state index is -0.801. The first-order valence-corrected chi connectivity index (χ1v) is 4.73. The lowest BCUT2D eigenvalue weighted by molar-refractivity contribution is 0.196. The van der Waals surface area contributed by atoms with E-state index in [1.54, 1.807) is 0 Å². The van der Waals surface area contributed by atoms with Crippen LogP contribution in [0, 0.1) is 11.6 Å². The molecular weight excluding hydrogens is 218 g/mol. The van der Waals surface area contributed by atoms with Gasteiger partial charge in [0.25, 0.3) is 0 Å². The van der Waals surface area contributed by atoms with Gasteiger partial charge in [0, 0.05) is 25.2 Å². The zero-order chi connectivity index (χ0) is 12.1. The Morgan fingerprint density at radius 1 is 1.44 bits per heavy atom. The molecule has 0 aliphatic heterocycles. The molecule has 6 heteroatoms. The minimum Gasteiger partial charge on any atom is -0.494 e. The van der Waals surface area contributed by atoms with Crippen LogP contribution in [0.3, 0.4) is 0 Å². The minimum absolute atomic E-state index is 0.0363. The Morgan fingerprint density at radius 3 is 2.69 bits per heavy atom. The number of hydrogen-bond donors (Lipinski definition) is 3. The number of aliphatic hydroxyl groups is 1. The van der Waals surface area contributed by atoms with Gasteiger partial charge in [-0.3, -0.25) is 0 Å². The van der Waals surface area contributed by atoms with Crippen molar-refractivity contribution < 1.29 is 18.6 Å². The molecule has 0 aliphatic carbocycles. The Bertz CT molecular complexity index is 361.